The first kappa shape index (κ1) is 22.5. The number of nitrogens with zero attached hydrogens (tertiary/aromatic N) is 2. The number of nitrogens with one attached hydrogen (secondary N) is 1. The summed E-state index contributed by atoms with van der Waals surface area (Å²) in [6, 6.07) is 3.39. The van der Waals surface area contributed by atoms with Crippen molar-refractivity contribution in [2.24, 2.45) is 0 Å². The van der Waals surface area contributed by atoms with E-state index in [1.807, 2.05) is 11.5 Å². The van der Waals surface area contributed by atoms with Crippen LogP contribution in [0, 0.1) is 12.7 Å². The second-order valence-corrected chi connectivity index (χ2v) is 9.40. The normalized spacial score (nSPS) is 26.0. The van der Waals surface area contributed by atoms with Gasteiger partial charge in [-0.15, -0.1) is 0 Å². The molecule has 1 N–H and O–H groups in total. The molecule has 1 aliphatic carbocycles. The number of hydrogen-bond donors (Lipinski definition) is 1. The molecule has 1 aromatic carbocycles. The molecule has 2 aromatic rings. The molecule has 2 aliphatic rings. The maximum Gasteiger partial charge on any atom is 0.326 e. The maximum atomic E-state index is 13.9. The topological polar surface area (TPSA) is 59.5 Å². The molecule has 0 amide bonds. The molecular formula is C24H36FN3O3. The van der Waals surface area contributed by atoms with Crippen molar-refractivity contribution >= 4 is 11.0 Å². The van der Waals surface area contributed by atoms with Crippen LogP contribution in [0.1, 0.15) is 64.0 Å². The summed E-state index contributed by atoms with van der Waals surface area (Å²) in [5.41, 5.74) is 2.05. The summed E-state index contributed by atoms with van der Waals surface area (Å²) in [6.07, 6.45) is 6.69. The van der Waals surface area contributed by atoms with Gasteiger partial charge in [-0.2, -0.15) is 0 Å². The smallest absolute Gasteiger partial charge is 0.326 e. The van der Waals surface area contributed by atoms with Crippen molar-refractivity contribution in [1.82, 2.24) is 14.5 Å². The molecule has 172 valence electrons. The van der Waals surface area contributed by atoms with E-state index in [0.29, 0.717) is 30.4 Å². The summed E-state index contributed by atoms with van der Waals surface area (Å²) in [5.74, 6) is -0.277. The van der Waals surface area contributed by atoms with Crippen LogP contribution in [-0.2, 0) is 9.47 Å². The molecule has 0 bridgehead atoms. The molecule has 1 saturated heterocycles. The third kappa shape index (κ3) is 4.73. The van der Waals surface area contributed by atoms with Crippen molar-refractivity contribution in [1.29, 1.82) is 0 Å². The minimum Gasteiger partial charge on any atom is -0.379 e. The van der Waals surface area contributed by atoms with Gasteiger partial charge in [0.05, 0.1) is 30.4 Å². The Morgan fingerprint density at radius 3 is 2.55 bits per heavy atom. The van der Waals surface area contributed by atoms with Crippen LogP contribution < -0.4 is 5.69 Å². The zero-order valence-electron chi connectivity index (χ0n) is 19.1. The number of imidazole rings is 1. The third-order valence-corrected chi connectivity index (χ3v) is 7.39. The monoisotopic (exact) mass is 433 g/mol. The highest BCUT2D eigenvalue weighted by molar-refractivity contribution is 5.76. The lowest BCUT2D eigenvalue weighted by molar-refractivity contribution is -0.0450. The Kier molecular flexibility index (Phi) is 6.84. The first-order chi connectivity index (χ1) is 14.9. The average Bonchev–Trinajstić information content (AvgIpc) is 3.07. The molecule has 1 aromatic heterocycles. The Morgan fingerprint density at radius 2 is 1.87 bits per heavy atom. The molecule has 1 saturated carbocycles. The van der Waals surface area contributed by atoms with Crippen LogP contribution in [0.25, 0.3) is 11.0 Å². The number of hydrogen-bond acceptors (Lipinski definition) is 4. The van der Waals surface area contributed by atoms with Crippen LogP contribution in [-0.4, -0.2) is 59.0 Å². The van der Waals surface area contributed by atoms with Gasteiger partial charge in [0.15, 0.2) is 0 Å². The minimum absolute atomic E-state index is 0.130. The van der Waals surface area contributed by atoms with E-state index in [1.54, 1.807) is 13.0 Å². The summed E-state index contributed by atoms with van der Waals surface area (Å²) in [5, 5.41) is 0. The quantitative estimate of drug-likeness (QED) is 0.666. The molecule has 1 aliphatic heterocycles. The zero-order chi connectivity index (χ0) is 22.0. The zero-order valence-corrected chi connectivity index (χ0v) is 19.1. The molecule has 0 spiro atoms. The third-order valence-electron chi connectivity index (χ3n) is 7.39. The Morgan fingerprint density at radius 1 is 1.16 bits per heavy atom. The van der Waals surface area contributed by atoms with Gasteiger partial charge >= 0.3 is 5.69 Å². The number of aromatic amines is 1. The summed E-state index contributed by atoms with van der Waals surface area (Å²) >= 11 is 0. The van der Waals surface area contributed by atoms with Gasteiger partial charge in [0.1, 0.15) is 5.82 Å². The lowest BCUT2D eigenvalue weighted by atomic mass is 9.79. The molecule has 0 unspecified atom stereocenters. The second kappa shape index (κ2) is 9.43. The Labute approximate surface area is 183 Å². The van der Waals surface area contributed by atoms with Crippen LogP contribution in [0.15, 0.2) is 16.9 Å². The molecule has 6 nitrogen and oxygen atoms in total. The van der Waals surface area contributed by atoms with Gasteiger partial charge < -0.3 is 14.5 Å². The fourth-order valence-electron chi connectivity index (χ4n) is 5.39. The number of rotatable bonds is 7. The largest absolute Gasteiger partial charge is 0.379 e. The van der Waals surface area contributed by atoms with E-state index in [1.165, 1.54) is 6.07 Å². The number of ether oxygens (including phenoxy) is 2. The van der Waals surface area contributed by atoms with E-state index in [9.17, 15) is 9.18 Å². The number of aromatic nitrogens is 2. The van der Waals surface area contributed by atoms with Crippen LogP contribution in [0.4, 0.5) is 4.39 Å². The number of fused-ring (bicyclic) bond motifs is 1. The number of aryl methyl sites for hydroxylation is 1. The second-order valence-electron chi connectivity index (χ2n) is 9.40. The fourth-order valence-corrected chi connectivity index (χ4v) is 5.39. The van der Waals surface area contributed by atoms with Gasteiger partial charge in [-0.25, -0.2) is 9.18 Å². The van der Waals surface area contributed by atoms with Gasteiger partial charge in [0.25, 0.3) is 0 Å². The van der Waals surface area contributed by atoms with E-state index >= 15 is 0 Å². The van der Waals surface area contributed by atoms with Crippen LogP contribution in [0.3, 0.4) is 0 Å². The molecular weight excluding hydrogens is 397 g/mol. The maximum absolute atomic E-state index is 13.9. The van der Waals surface area contributed by atoms with Crippen molar-refractivity contribution in [3.63, 3.8) is 0 Å². The predicted octanol–water partition coefficient (Wildman–Crippen LogP) is 4.17. The Balaban J connectivity index is 1.35. The lowest BCUT2D eigenvalue weighted by Crippen LogP contribution is -2.53. The molecule has 7 heteroatoms. The summed E-state index contributed by atoms with van der Waals surface area (Å²) in [4.78, 5) is 18.1. The minimum atomic E-state index is -0.277. The number of halogens is 1. The Bertz CT molecular complexity index is 937. The van der Waals surface area contributed by atoms with Crippen LogP contribution in [0.5, 0.6) is 0 Å². The van der Waals surface area contributed by atoms with Gasteiger partial charge in [0.2, 0.25) is 0 Å². The number of benzene rings is 1. The van der Waals surface area contributed by atoms with Gasteiger partial charge in [-0.1, -0.05) is 0 Å². The first-order valence-electron chi connectivity index (χ1n) is 11.8. The molecule has 2 heterocycles. The van der Waals surface area contributed by atoms with E-state index in [-0.39, 0.29) is 23.1 Å². The van der Waals surface area contributed by atoms with Crippen molar-refractivity contribution < 1.29 is 13.9 Å². The SMILES string of the molecule is CCOCCO[C@H]1CC[C@@](C)(N2CCC(n3c(=O)[nH]c4cc(F)c(C)cc43)CC2)CC1. The Hall–Kier alpha value is -1.70. The van der Waals surface area contributed by atoms with E-state index in [0.717, 1.165) is 63.7 Å². The highest BCUT2D eigenvalue weighted by atomic mass is 19.1. The predicted molar refractivity (Wildman–Crippen MR) is 120 cm³/mol. The highest BCUT2D eigenvalue weighted by Gasteiger charge is 2.38. The average molecular weight is 434 g/mol. The number of piperidine rings is 1. The van der Waals surface area contributed by atoms with Gasteiger partial charge in [-0.05, 0) is 77.0 Å². The molecule has 0 radical (unpaired) electrons. The van der Waals surface area contributed by atoms with Crippen LogP contribution in [0.2, 0.25) is 0 Å². The molecule has 31 heavy (non-hydrogen) atoms. The fraction of sp³-hybridized carbons (Fsp3) is 0.708. The van der Waals surface area contributed by atoms with Gasteiger partial charge in [0, 0.05) is 31.3 Å². The van der Waals surface area contributed by atoms with E-state index in [2.05, 4.69) is 16.8 Å². The number of H-pyrrole nitrogens is 1. The summed E-state index contributed by atoms with van der Waals surface area (Å²) in [6.45, 7) is 10.2. The molecule has 4 rings (SSSR count). The van der Waals surface area contributed by atoms with Crippen molar-refractivity contribution in [2.75, 3.05) is 32.9 Å². The van der Waals surface area contributed by atoms with E-state index < -0.39 is 0 Å². The van der Waals surface area contributed by atoms with Gasteiger partial charge in [-0.3, -0.25) is 9.47 Å². The number of likely N-dealkylation sites (tertiary alicyclic amines) is 1. The molecule has 0 atom stereocenters. The standard InChI is InChI=1S/C24H36FN3O3/c1-4-30-13-14-31-19-5-9-24(3,10-6-19)27-11-7-18(8-12-27)28-22-15-17(2)20(25)16-21(22)26-23(28)29/h15-16,18-19H,4-14H2,1-3H3,(H,26,29)/t19-,24+. The van der Waals surface area contributed by atoms with Crippen LogP contribution >= 0.6 is 0 Å². The summed E-state index contributed by atoms with van der Waals surface area (Å²) in [7, 11) is 0. The van der Waals surface area contributed by atoms with E-state index in [4.69, 9.17) is 9.47 Å². The van der Waals surface area contributed by atoms with Crippen molar-refractivity contribution in [3.05, 3.63) is 34.0 Å². The molecule has 2 fully saturated rings. The van der Waals surface area contributed by atoms with Crippen molar-refractivity contribution in [3.8, 4) is 0 Å². The highest BCUT2D eigenvalue weighted by Crippen LogP contribution is 2.38. The lowest BCUT2D eigenvalue weighted by Gasteiger charge is -2.48. The summed E-state index contributed by atoms with van der Waals surface area (Å²) < 4.78 is 27.1. The first-order valence-corrected chi connectivity index (χ1v) is 11.8. The van der Waals surface area contributed by atoms with Crippen molar-refractivity contribution in [2.45, 2.75) is 77.0 Å².